The lowest BCUT2D eigenvalue weighted by Gasteiger charge is -2.07. The monoisotopic (exact) mass is 268 g/mol. The van der Waals surface area contributed by atoms with Crippen LogP contribution in [-0.2, 0) is 6.54 Å². The zero-order valence-electron chi connectivity index (χ0n) is 8.68. The molecule has 0 aliphatic carbocycles. The van der Waals surface area contributed by atoms with Crippen LogP contribution in [0.25, 0.3) is 0 Å². The maximum atomic E-state index is 11.0. The van der Waals surface area contributed by atoms with Gasteiger partial charge in [-0.2, -0.15) is 0 Å². The summed E-state index contributed by atoms with van der Waals surface area (Å²) in [5.74, 6) is -0.973. The van der Waals surface area contributed by atoms with Gasteiger partial charge in [-0.15, -0.1) is 11.3 Å². The molecule has 6 heteroatoms. The standard InChI is InChI=1S/C11H9ClN2O2S/c12-10-2-1-7(17-10)5-14-9-6-13-4-3-8(9)11(15)16/h1-4,6,14H,5H2,(H,15,16). The molecule has 88 valence electrons. The first-order chi connectivity index (χ1) is 8.16. The van der Waals surface area contributed by atoms with Crippen LogP contribution in [0.1, 0.15) is 15.2 Å². The van der Waals surface area contributed by atoms with Crippen LogP contribution in [-0.4, -0.2) is 16.1 Å². The fraction of sp³-hybridized carbons (Fsp3) is 0.0909. The van der Waals surface area contributed by atoms with Crippen LogP contribution in [0, 0.1) is 0 Å². The Balaban J connectivity index is 2.11. The number of pyridine rings is 1. The van der Waals surface area contributed by atoms with Crippen molar-refractivity contribution in [2.45, 2.75) is 6.54 Å². The Kier molecular flexibility index (Phi) is 3.61. The molecule has 0 aliphatic heterocycles. The van der Waals surface area contributed by atoms with Gasteiger partial charge in [0, 0.05) is 17.6 Å². The van der Waals surface area contributed by atoms with Gasteiger partial charge in [-0.25, -0.2) is 4.79 Å². The molecule has 0 aliphatic rings. The maximum Gasteiger partial charge on any atom is 0.337 e. The van der Waals surface area contributed by atoms with Gasteiger partial charge in [0.25, 0.3) is 0 Å². The van der Waals surface area contributed by atoms with Crippen molar-refractivity contribution in [1.82, 2.24) is 4.98 Å². The molecule has 0 amide bonds. The molecule has 0 bridgehead atoms. The Labute approximate surface area is 107 Å². The summed E-state index contributed by atoms with van der Waals surface area (Å²) in [6.45, 7) is 0.531. The number of anilines is 1. The number of nitrogens with zero attached hydrogens (tertiary/aromatic N) is 1. The summed E-state index contributed by atoms with van der Waals surface area (Å²) in [4.78, 5) is 15.9. The summed E-state index contributed by atoms with van der Waals surface area (Å²) in [6.07, 6.45) is 2.95. The lowest BCUT2D eigenvalue weighted by Crippen LogP contribution is -2.05. The molecule has 2 heterocycles. The number of carboxylic acid groups (broad SMARTS) is 1. The number of aromatic carboxylic acids is 1. The molecular formula is C11H9ClN2O2S. The Morgan fingerprint density at radius 3 is 2.94 bits per heavy atom. The molecule has 2 rings (SSSR count). The zero-order chi connectivity index (χ0) is 12.3. The second-order valence-corrected chi connectivity index (χ2v) is 5.09. The number of aromatic nitrogens is 1. The molecule has 2 N–H and O–H groups in total. The average Bonchev–Trinajstić information content (AvgIpc) is 2.73. The number of carbonyl (C=O) groups is 1. The van der Waals surface area contributed by atoms with Crippen molar-refractivity contribution in [1.29, 1.82) is 0 Å². The van der Waals surface area contributed by atoms with Gasteiger partial charge < -0.3 is 10.4 Å². The van der Waals surface area contributed by atoms with E-state index in [1.807, 2.05) is 12.1 Å². The van der Waals surface area contributed by atoms with Gasteiger partial charge in [0.15, 0.2) is 0 Å². The van der Waals surface area contributed by atoms with E-state index in [4.69, 9.17) is 16.7 Å². The number of rotatable bonds is 4. The third kappa shape index (κ3) is 2.95. The van der Waals surface area contributed by atoms with Crippen LogP contribution in [0.15, 0.2) is 30.6 Å². The van der Waals surface area contributed by atoms with E-state index in [1.54, 1.807) is 0 Å². The lowest BCUT2D eigenvalue weighted by molar-refractivity contribution is 0.0698. The maximum absolute atomic E-state index is 11.0. The van der Waals surface area contributed by atoms with Gasteiger partial charge in [-0.1, -0.05) is 11.6 Å². The predicted molar refractivity (Wildman–Crippen MR) is 67.9 cm³/mol. The van der Waals surface area contributed by atoms with Crippen molar-refractivity contribution < 1.29 is 9.90 Å². The molecule has 2 aromatic rings. The van der Waals surface area contributed by atoms with E-state index in [0.29, 0.717) is 16.6 Å². The topological polar surface area (TPSA) is 62.2 Å². The van der Waals surface area contributed by atoms with Gasteiger partial charge in [-0.05, 0) is 18.2 Å². The highest BCUT2D eigenvalue weighted by molar-refractivity contribution is 7.16. The fourth-order valence-electron chi connectivity index (χ4n) is 1.35. The third-order valence-electron chi connectivity index (χ3n) is 2.13. The van der Waals surface area contributed by atoms with Gasteiger partial charge in [0.2, 0.25) is 0 Å². The molecule has 0 saturated carbocycles. The summed E-state index contributed by atoms with van der Waals surface area (Å²) >= 11 is 7.26. The fourth-order valence-corrected chi connectivity index (χ4v) is 2.38. The number of hydrogen-bond donors (Lipinski definition) is 2. The first-order valence-electron chi connectivity index (χ1n) is 4.82. The Morgan fingerprint density at radius 2 is 2.29 bits per heavy atom. The van der Waals surface area contributed by atoms with Crippen molar-refractivity contribution in [2.24, 2.45) is 0 Å². The summed E-state index contributed by atoms with van der Waals surface area (Å²) < 4.78 is 0.714. The van der Waals surface area contributed by atoms with E-state index in [-0.39, 0.29) is 5.56 Å². The van der Waals surface area contributed by atoms with Crippen molar-refractivity contribution in [2.75, 3.05) is 5.32 Å². The van der Waals surface area contributed by atoms with Crippen LogP contribution in [0.3, 0.4) is 0 Å². The van der Waals surface area contributed by atoms with Crippen molar-refractivity contribution in [3.8, 4) is 0 Å². The summed E-state index contributed by atoms with van der Waals surface area (Å²) in [6, 6.07) is 5.17. The molecule has 0 unspecified atom stereocenters. The van der Waals surface area contributed by atoms with Crippen LogP contribution in [0.2, 0.25) is 4.34 Å². The largest absolute Gasteiger partial charge is 0.478 e. The van der Waals surface area contributed by atoms with Crippen molar-refractivity contribution >= 4 is 34.6 Å². The molecular weight excluding hydrogens is 260 g/mol. The first kappa shape index (κ1) is 11.9. The summed E-state index contributed by atoms with van der Waals surface area (Å²) in [7, 11) is 0. The average molecular weight is 269 g/mol. The molecule has 4 nitrogen and oxygen atoms in total. The minimum atomic E-state index is -0.973. The highest BCUT2D eigenvalue weighted by atomic mass is 35.5. The molecule has 0 saturated heterocycles. The minimum Gasteiger partial charge on any atom is -0.478 e. The van der Waals surface area contributed by atoms with Crippen molar-refractivity contribution in [3.05, 3.63) is 45.4 Å². The van der Waals surface area contributed by atoms with E-state index in [2.05, 4.69) is 10.3 Å². The smallest absolute Gasteiger partial charge is 0.337 e. The van der Waals surface area contributed by atoms with Gasteiger partial charge in [0.1, 0.15) is 0 Å². The van der Waals surface area contributed by atoms with Gasteiger partial charge >= 0.3 is 5.97 Å². The number of halogens is 1. The summed E-state index contributed by atoms with van der Waals surface area (Å²) in [5.41, 5.74) is 0.715. The van der Waals surface area contributed by atoms with Crippen LogP contribution < -0.4 is 5.32 Å². The molecule has 2 aromatic heterocycles. The van der Waals surface area contributed by atoms with E-state index < -0.39 is 5.97 Å². The van der Waals surface area contributed by atoms with Gasteiger partial charge in [0.05, 0.1) is 21.8 Å². The molecule has 17 heavy (non-hydrogen) atoms. The molecule has 0 atom stereocenters. The first-order valence-corrected chi connectivity index (χ1v) is 6.01. The molecule has 0 spiro atoms. The second kappa shape index (κ2) is 5.16. The Bertz CT molecular complexity index is 542. The minimum absolute atomic E-state index is 0.211. The van der Waals surface area contributed by atoms with Crippen LogP contribution >= 0.6 is 22.9 Å². The second-order valence-electron chi connectivity index (χ2n) is 3.29. The normalized spacial score (nSPS) is 10.2. The molecule has 0 fully saturated rings. The van der Waals surface area contributed by atoms with Gasteiger partial charge in [-0.3, -0.25) is 4.98 Å². The zero-order valence-corrected chi connectivity index (χ0v) is 10.3. The van der Waals surface area contributed by atoms with E-state index in [0.717, 1.165) is 4.88 Å². The van der Waals surface area contributed by atoms with Crippen LogP contribution in [0.4, 0.5) is 5.69 Å². The quantitative estimate of drug-likeness (QED) is 0.894. The highest BCUT2D eigenvalue weighted by Gasteiger charge is 2.09. The van der Waals surface area contributed by atoms with E-state index in [1.165, 1.54) is 29.8 Å². The third-order valence-corrected chi connectivity index (χ3v) is 3.36. The number of carboxylic acids is 1. The predicted octanol–water partition coefficient (Wildman–Crippen LogP) is 3.11. The summed E-state index contributed by atoms with van der Waals surface area (Å²) in [5, 5.41) is 12.0. The van der Waals surface area contributed by atoms with Crippen molar-refractivity contribution in [3.63, 3.8) is 0 Å². The van der Waals surface area contributed by atoms with Crippen LogP contribution in [0.5, 0.6) is 0 Å². The Morgan fingerprint density at radius 1 is 1.47 bits per heavy atom. The highest BCUT2D eigenvalue weighted by Crippen LogP contribution is 2.23. The number of thiophene rings is 1. The lowest BCUT2D eigenvalue weighted by atomic mass is 10.2. The molecule has 0 radical (unpaired) electrons. The SMILES string of the molecule is O=C(O)c1ccncc1NCc1ccc(Cl)s1. The van der Waals surface area contributed by atoms with E-state index >= 15 is 0 Å². The number of nitrogens with one attached hydrogen (secondary N) is 1. The Hall–Kier alpha value is -1.59. The molecule has 0 aromatic carbocycles. The number of hydrogen-bond acceptors (Lipinski definition) is 4. The van der Waals surface area contributed by atoms with E-state index in [9.17, 15) is 4.79 Å².